The minimum Gasteiger partial charge on any atom is -0.434 e. The second-order valence-electron chi connectivity index (χ2n) is 6.39. The van der Waals surface area contributed by atoms with Gasteiger partial charge in [-0.2, -0.15) is 13.9 Å². The molecule has 1 aromatic heterocycles. The number of aryl methyl sites for hydroxylation is 1. The summed E-state index contributed by atoms with van der Waals surface area (Å²) in [5, 5.41) is 10.6. The molecule has 6 nitrogen and oxygen atoms in total. The van der Waals surface area contributed by atoms with Crippen molar-refractivity contribution in [3.05, 3.63) is 77.6 Å². The van der Waals surface area contributed by atoms with E-state index in [2.05, 4.69) is 25.5 Å². The molecule has 0 radical (unpaired) electrons. The van der Waals surface area contributed by atoms with Gasteiger partial charge < -0.3 is 15.4 Å². The highest BCUT2D eigenvalue weighted by molar-refractivity contribution is 5.79. The molecule has 3 aromatic rings. The van der Waals surface area contributed by atoms with E-state index in [0.29, 0.717) is 24.6 Å². The molecule has 0 aliphatic heterocycles. The minimum absolute atomic E-state index is 0.153. The zero-order valence-electron chi connectivity index (χ0n) is 16.3. The Labute approximate surface area is 168 Å². The van der Waals surface area contributed by atoms with Crippen molar-refractivity contribution in [2.45, 2.75) is 26.6 Å². The highest BCUT2D eigenvalue weighted by atomic mass is 19.3. The third-order valence-corrected chi connectivity index (χ3v) is 4.24. The van der Waals surface area contributed by atoms with E-state index in [0.717, 1.165) is 16.8 Å². The maximum atomic E-state index is 12.6. The summed E-state index contributed by atoms with van der Waals surface area (Å²) in [6, 6.07) is 14.9. The Hall–Kier alpha value is -3.42. The predicted molar refractivity (Wildman–Crippen MR) is 108 cm³/mol. The fourth-order valence-corrected chi connectivity index (χ4v) is 2.87. The molecule has 0 atom stereocenters. The first-order valence-corrected chi connectivity index (χ1v) is 9.13. The maximum absolute atomic E-state index is 12.6. The zero-order chi connectivity index (χ0) is 20.6. The molecule has 1 heterocycles. The normalized spacial score (nSPS) is 11.6. The summed E-state index contributed by atoms with van der Waals surface area (Å²) >= 11 is 0. The highest BCUT2D eigenvalue weighted by Gasteiger charge is 2.10. The van der Waals surface area contributed by atoms with E-state index in [9.17, 15) is 8.78 Å². The molecule has 2 N–H and O–H groups in total. The monoisotopic (exact) mass is 399 g/mol. The lowest BCUT2D eigenvalue weighted by Gasteiger charge is -2.15. The van der Waals surface area contributed by atoms with Crippen molar-refractivity contribution >= 4 is 5.96 Å². The summed E-state index contributed by atoms with van der Waals surface area (Å²) in [6.07, 6.45) is 3.61. The average molecular weight is 399 g/mol. The number of alkyl halides is 2. The first-order valence-electron chi connectivity index (χ1n) is 9.13. The largest absolute Gasteiger partial charge is 0.434 e. The Morgan fingerprint density at radius 1 is 1.14 bits per heavy atom. The number of aromatic nitrogens is 2. The number of benzene rings is 2. The fraction of sp³-hybridized carbons (Fsp3) is 0.238. The maximum Gasteiger partial charge on any atom is 0.387 e. The van der Waals surface area contributed by atoms with E-state index in [1.807, 2.05) is 49.5 Å². The van der Waals surface area contributed by atoms with Crippen LogP contribution in [-0.2, 0) is 13.1 Å². The first-order chi connectivity index (χ1) is 14.0. The van der Waals surface area contributed by atoms with E-state index < -0.39 is 6.61 Å². The molecular formula is C21H23F2N5O. The van der Waals surface area contributed by atoms with Gasteiger partial charge in [-0.1, -0.05) is 29.8 Å². The van der Waals surface area contributed by atoms with Crippen LogP contribution in [-0.4, -0.2) is 29.4 Å². The summed E-state index contributed by atoms with van der Waals surface area (Å²) in [4.78, 5) is 4.19. The molecular weight excluding hydrogens is 376 g/mol. The van der Waals surface area contributed by atoms with Gasteiger partial charge in [-0.3, -0.25) is 4.99 Å². The second kappa shape index (κ2) is 9.68. The Balaban J connectivity index is 1.61. The topological polar surface area (TPSA) is 63.5 Å². The minimum atomic E-state index is -2.86. The van der Waals surface area contributed by atoms with Crippen LogP contribution in [0.15, 0.2) is 65.9 Å². The van der Waals surface area contributed by atoms with E-state index in [4.69, 9.17) is 0 Å². The summed E-state index contributed by atoms with van der Waals surface area (Å²) in [6.45, 7) is -0.120. The number of aliphatic imine (C=N–C) groups is 1. The molecule has 8 heteroatoms. The number of nitrogens with one attached hydrogen (secondary N) is 2. The van der Waals surface area contributed by atoms with Gasteiger partial charge in [-0.15, -0.1) is 0 Å². The van der Waals surface area contributed by atoms with E-state index in [-0.39, 0.29) is 5.75 Å². The van der Waals surface area contributed by atoms with Gasteiger partial charge in [-0.25, -0.2) is 4.68 Å². The van der Waals surface area contributed by atoms with E-state index in [1.165, 1.54) is 0 Å². The Kier molecular flexibility index (Phi) is 6.78. The van der Waals surface area contributed by atoms with Gasteiger partial charge >= 0.3 is 6.61 Å². The van der Waals surface area contributed by atoms with Crippen LogP contribution in [0.25, 0.3) is 5.69 Å². The standard InChI is InChI=1S/C21H23F2N5O/c1-15-7-8-19(29-20(22)23)17(11-15)14-26-21(24-2)25-13-16-5-3-6-18(12-16)28-10-4-9-27-28/h3-12,20H,13-14H2,1-2H3,(H2,24,25,26). The van der Waals surface area contributed by atoms with Gasteiger partial charge in [0.1, 0.15) is 5.75 Å². The van der Waals surface area contributed by atoms with E-state index >= 15 is 0 Å². The highest BCUT2D eigenvalue weighted by Crippen LogP contribution is 2.22. The molecule has 3 rings (SSSR count). The van der Waals surface area contributed by atoms with Crippen molar-refractivity contribution < 1.29 is 13.5 Å². The van der Waals surface area contributed by atoms with Crippen molar-refractivity contribution in [3.63, 3.8) is 0 Å². The molecule has 29 heavy (non-hydrogen) atoms. The molecule has 152 valence electrons. The average Bonchev–Trinajstić information content (AvgIpc) is 3.25. The third-order valence-electron chi connectivity index (χ3n) is 4.24. The van der Waals surface area contributed by atoms with Crippen LogP contribution in [0, 0.1) is 6.92 Å². The Morgan fingerprint density at radius 3 is 2.69 bits per heavy atom. The number of hydrogen-bond donors (Lipinski definition) is 2. The Bertz CT molecular complexity index is 957. The lowest BCUT2D eigenvalue weighted by Crippen LogP contribution is -2.36. The van der Waals surface area contributed by atoms with Crippen LogP contribution in [0.3, 0.4) is 0 Å². The number of halogens is 2. The number of guanidine groups is 1. The molecule has 0 unspecified atom stereocenters. The van der Waals surface area contributed by atoms with E-state index in [1.54, 1.807) is 30.1 Å². The Morgan fingerprint density at radius 2 is 1.97 bits per heavy atom. The molecule has 2 aromatic carbocycles. The summed E-state index contributed by atoms with van der Waals surface area (Å²) in [5.41, 5.74) is 3.61. The quantitative estimate of drug-likeness (QED) is 0.470. The zero-order valence-corrected chi connectivity index (χ0v) is 16.3. The van der Waals surface area contributed by atoms with Gasteiger partial charge in [0.25, 0.3) is 0 Å². The lowest BCUT2D eigenvalue weighted by atomic mass is 10.1. The molecule has 0 amide bonds. The molecule has 0 fully saturated rings. The van der Waals surface area contributed by atoms with Crippen LogP contribution in [0.1, 0.15) is 16.7 Å². The predicted octanol–water partition coefficient (Wildman–Crippen LogP) is 3.65. The lowest BCUT2D eigenvalue weighted by molar-refractivity contribution is -0.0504. The van der Waals surface area contributed by atoms with Crippen molar-refractivity contribution in [1.29, 1.82) is 0 Å². The van der Waals surface area contributed by atoms with Gasteiger partial charge in [0, 0.05) is 38.1 Å². The number of ether oxygens (including phenoxy) is 1. The molecule has 0 saturated carbocycles. The van der Waals surface area contributed by atoms with Crippen molar-refractivity contribution in [1.82, 2.24) is 20.4 Å². The van der Waals surface area contributed by atoms with Gasteiger partial charge in [-0.05, 0) is 36.8 Å². The SMILES string of the molecule is CN=C(NCc1cccc(-n2cccn2)c1)NCc1cc(C)ccc1OC(F)F. The summed E-state index contributed by atoms with van der Waals surface area (Å²) in [7, 11) is 1.66. The van der Waals surface area contributed by atoms with Crippen molar-refractivity contribution in [2.24, 2.45) is 4.99 Å². The van der Waals surface area contributed by atoms with Crippen LogP contribution >= 0.6 is 0 Å². The smallest absolute Gasteiger partial charge is 0.387 e. The van der Waals surface area contributed by atoms with Gasteiger partial charge in [0.15, 0.2) is 5.96 Å². The van der Waals surface area contributed by atoms with Gasteiger partial charge in [0.2, 0.25) is 0 Å². The summed E-state index contributed by atoms with van der Waals surface area (Å²) in [5.74, 6) is 0.708. The van der Waals surface area contributed by atoms with Crippen LogP contribution in [0.2, 0.25) is 0 Å². The molecule has 0 spiro atoms. The molecule has 0 aliphatic carbocycles. The number of nitrogens with zero attached hydrogens (tertiary/aromatic N) is 3. The molecule has 0 saturated heterocycles. The number of rotatable bonds is 7. The summed E-state index contributed by atoms with van der Waals surface area (Å²) < 4.78 is 31.6. The number of hydrogen-bond acceptors (Lipinski definition) is 3. The molecule has 0 bridgehead atoms. The first kappa shape index (κ1) is 20.3. The molecule has 0 aliphatic rings. The fourth-order valence-electron chi connectivity index (χ4n) is 2.87. The van der Waals surface area contributed by atoms with Crippen molar-refractivity contribution in [2.75, 3.05) is 7.05 Å². The van der Waals surface area contributed by atoms with Crippen molar-refractivity contribution in [3.8, 4) is 11.4 Å². The van der Waals surface area contributed by atoms with Crippen LogP contribution < -0.4 is 15.4 Å². The van der Waals surface area contributed by atoms with Crippen LogP contribution in [0.4, 0.5) is 8.78 Å². The van der Waals surface area contributed by atoms with Crippen LogP contribution in [0.5, 0.6) is 5.75 Å². The third kappa shape index (κ3) is 5.78. The second-order valence-corrected chi connectivity index (χ2v) is 6.39. The van der Waals surface area contributed by atoms with Gasteiger partial charge in [0.05, 0.1) is 5.69 Å².